The van der Waals surface area contributed by atoms with Crippen molar-refractivity contribution in [2.75, 3.05) is 32.1 Å². The highest BCUT2D eigenvalue weighted by Crippen LogP contribution is 2.22. The van der Waals surface area contributed by atoms with E-state index in [1.807, 2.05) is 37.7 Å². The van der Waals surface area contributed by atoms with Crippen molar-refractivity contribution in [3.8, 4) is 0 Å². The Bertz CT molecular complexity index is 198. The zero-order chi connectivity index (χ0) is 10.6. The van der Waals surface area contributed by atoms with Crippen molar-refractivity contribution in [1.82, 2.24) is 10.2 Å². The molecule has 0 spiro atoms. The van der Waals surface area contributed by atoms with Crippen LogP contribution < -0.4 is 5.32 Å². The van der Waals surface area contributed by atoms with Crippen LogP contribution in [0.25, 0.3) is 0 Å². The van der Waals surface area contributed by atoms with Crippen molar-refractivity contribution < 1.29 is 4.79 Å². The lowest BCUT2D eigenvalue weighted by Gasteiger charge is -2.26. The van der Waals surface area contributed by atoms with Crippen LogP contribution in [-0.4, -0.2) is 49.0 Å². The summed E-state index contributed by atoms with van der Waals surface area (Å²) in [6, 6.07) is 0.465. The Kier molecular flexibility index (Phi) is 7.40. The molecule has 1 aliphatic heterocycles. The van der Waals surface area contributed by atoms with Crippen molar-refractivity contribution in [1.29, 1.82) is 0 Å². The first kappa shape index (κ1) is 15.1. The Morgan fingerprint density at radius 3 is 2.80 bits per heavy atom. The first-order valence-corrected chi connectivity index (χ1v) is 6.31. The van der Waals surface area contributed by atoms with E-state index in [0.717, 1.165) is 18.7 Å². The maximum Gasteiger partial charge on any atom is 0.226 e. The molecule has 2 atom stereocenters. The molecule has 0 aromatic carbocycles. The van der Waals surface area contributed by atoms with Crippen LogP contribution in [0.2, 0.25) is 0 Å². The van der Waals surface area contributed by atoms with Crippen molar-refractivity contribution >= 4 is 30.1 Å². The SMILES string of the molecule is CNCC(C)C(=O)N(C)C1CCSC1.Cl. The summed E-state index contributed by atoms with van der Waals surface area (Å²) in [4.78, 5) is 13.8. The molecule has 1 saturated heterocycles. The van der Waals surface area contributed by atoms with Crippen molar-refractivity contribution in [2.24, 2.45) is 5.92 Å². The number of amides is 1. The van der Waals surface area contributed by atoms with E-state index in [9.17, 15) is 4.79 Å². The third-order valence-electron chi connectivity index (χ3n) is 2.73. The minimum atomic E-state index is 0. The number of carbonyl (C=O) groups is 1. The molecule has 1 N–H and O–H groups in total. The minimum Gasteiger partial charge on any atom is -0.342 e. The van der Waals surface area contributed by atoms with Gasteiger partial charge in [0.05, 0.1) is 0 Å². The van der Waals surface area contributed by atoms with E-state index in [-0.39, 0.29) is 24.2 Å². The van der Waals surface area contributed by atoms with E-state index < -0.39 is 0 Å². The van der Waals surface area contributed by atoms with E-state index in [1.165, 1.54) is 5.75 Å². The lowest BCUT2D eigenvalue weighted by Crippen LogP contribution is -2.42. The molecule has 1 rings (SSSR count). The second kappa shape index (κ2) is 7.36. The number of nitrogens with one attached hydrogen (secondary N) is 1. The fourth-order valence-electron chi connectivity index (χ4n) is 1.75. The molecule has 1 fully saturated rings. The summed E-state index contributed by atoms with van der Waals surface area (Å²) < 4.78 is 0. The van der Waals surface area contributed by atoms with Gasteiger partial charge in [-0.1, -0.05) is 6.92 Å². The number of carbonyl (C=O) groups excluding carboxylic acids is 1. The number of hydrogen-bond acceptors (Lipinski definition) is 3. The van der Waals surface area contributed by atoms with Gasteiger partial charge in [0.25, 0.3) is 0 Å². The second-order valence-corrected chi connectivity index (χ2v) is 5.08. The van der Waals surface area contributed by atoms with Gasteiger partial charge in [-0.25, -0.2) is 0 Å². The quantitative estimate of drug-likeness (QED) is 0.817. The molecule has 90 valence electrons. The maximum atomic E-state index is 11.9. The molecule has 1 heterocycles. The number of halogens is 1. The Morgan fingerprint density at radius 2 is 2.33 bits per heavy atom. The van der Waals surface area contributed by atoms with Gasteiger partial charge in [0.15, 0.2) is 0 Å². The minimum absolute atomic E-state index is 0. The van der Waals surface area contributed by atoms with Gasteiger partial charge in [-0.2, -0.15) is 11.8 Å². The largest absolute Gasteiger partial charge is 0.342 e. The Balaban J connectivity index is 0.00000196. The van der Waals surface area contributed by atoms with Crippen molar-refractivity contribution in [3.63, 3.8) is 0 Å². The lowest BCUT2D eigenvalue weighted by molar-refractivity contribution is -0.135. The van der Waals surface area contributed by atoms with Crippen LogP contribution in [0.15, 0.2) is 0 Å². The Hall–Kier alpha value is 0.0700. The molecule has 0 radical (unpaired) electrons. The topological polar surface area (TPSA) is 32.3 Å². The molecule has 1 amide bonds. The van der Waals surface area contributed by atoms with E-state index >= 15 is 0 Å². The molecular weight excluding hydrogens is 232 g/mol. The van der Waals surface area contributed by atoms with Crippen molar-refractivity contribution in [2.45, 2.75) is 19.4 Å². The van der Waals surface area contributed by atoms with Gasteiger partial charge in [0.2, 0.25) is 5.91 Å². The average Bonchev–Trinajstić information content (AvgIpc) is 2.68. The predicted molar refractivity (Wildman–Crippen MR) is 68.8 cm³/mol. The van der Waals surface area contributed by atoms with Crippen LogP contribution >= 0.6 is 24.2 Å². The molecule has 2 unspecified atom stereocenters. The van der Waals surface area contributed by atoms with Gasteiger partial charge in [0, 0.05) is 31.3 Å². The first-order chi connectivity index (χ1) is 6.66. The highest BCUT2D eigenvalue weighted by Gasteiger charge is 2.26. The molecule has 1 aliphatic rings. The van der Waals surface area contributed by atoms with Crippen LogP contribution in [0.4, 0.5) is 0 Å². The normalized spacial score (nSPS) is 21.9. The van der Waals surface area contributed by atoms with E-state index in [1.54, 1.807) is 0 Å². The molecule has 15 heavy (non-hydrogen) atoms. The highest BCUT2D eigenvalue weighted by atomic mass is 35.5. The van der Waals surface area contributed by atoms with Gasteiger partial charge in [-0.3, -0.25) is 4.79 Å². The van der Waals surface area contributed by atoms with Crippen LogP contribution in [0.1, 0.15) is 13.3 Å². The lowest BCUT2D eigenvalue weighted by atomic mass is 10.1. The van der Waals surface area contributed by atoms with Gasteiger partial charge in [-0.15, -0.1) is 12.4 Å². The number of thioether (sulfide) groups is 1. The number of hydrogen-bond donors (Lipinski definition) is 1. The van der Waals surface area contributed by atoms with E-state index in [0.29, 0.717) is 6.04 Å². The molecule has 0 aliphatic carbocycles. The Morgan fingerprint density at radius 1 is 1.67 bits per heavy atom. The third kappa shape index (κ3) is 4.21. The molecule has 0 saturated carbocycles. The zero-order valence-electron chi connectivity index (χ0n) is 9.66. The van der Waals surface area contributed by atoms with Crippen LogP contribution in [0.5, 0.6) is 0 Å². The molecule has 0 aromatic heterocycles. The summed E-state index contributed by atoms with van der Waals surface area (Å²) in [5, 5.41) is 3.04. The summed E-state index contributed by atoms with van der Waals surface area (Å²) >= 11 is 1.94. The van der Waals surface area contributed by atoms with Gasteiger partial charge in [0.1, 0.15) is 0 Å². The van der Waals surface area contributed by atoms with Gasteiger partial charge < -0.3 is 10.2 Å². The van der Waals surface area contributed by atoms with Crippen LogP contribution in [-0.2, 0) is 4.79 Å². The van der Waals surface area contributed by atoms with E-state index in [4.69, 9.17) is 0 Å². The second-order valence-electron chi connectivity index (χ2n) is 3.93. The fraction of sp³-hybridized carbons (Fsp3) is 0.900. The molecular formula is C10H21ClN2OS. The average molecular weight is 253 g/mol. The zero-order valence-corrected chi connectivity index (χ0v) is 11.3. The fourth-order valence-corrected chi connectivity index (χ4v) is 3.02. The summed E-state index contributed by atoms with van der Waals surface area (Å²) in [5.74, 6) is 2.67. The van der Waals surface area contributed by atoms with E-state index in [2.05, 4.69) is 5.32 Å². The first-order valence-electron chi connectivity index (χ1n) is 5.15. The van der Waals surface area contributed by atoms with Crippen LogP contribution in [0, 0.1) is 5.92 Å². The summed E-state index contributed by atoms with van der Waals surface area (Å²) in [6.45, 7) is 2.75. The third-order valence-corrected chi connectivity index (χ3v) is 3.88. The summed E-state index contributed by atoms with van der Waals surface area (Å²) in [6.07, 6.45) is 1.15. The summed E-state index contributed by atoms with van der Waals surface area (Å²) in [7, 11) is 3.82. The Labute approximate surface area is 103 Å². The van der Waals surface area contributed by atoms with Gasteiger partial charge >= 0.3 is 0 Å². The standard InChI is InChI=1S/C10H20N2OS.ClH/c1-8(6-11-2)10(13)12(3)9-4-5-14-7-9;/h8-9,11H,4-7H2,1-3H3;1H. The van der Waals surface area contributed by atoms with Crippen molar-refractivity contribution in [3.05, 3.63) is 0 Å². The number of rotatable bonds is 4. The molecule has 0 aromatic rings. The maximum absolute atomic E-state index is 11.9. The highest BCUT2D eigenvalue weighted by molar-refractivity contribution is 7.99. The molecule has 5 heteroatoms. The predicted octanol–water partition coefficient (Wildman–Crippen LogP) is 1.23. The smallest absolute Gasteiger partial charge is 0.226 e. The molecule has 3 nitrogen and oxygen atoms in total. The van der Waals surface area contributed by atoms with Crippen LogP contribution in [0.3, 0.4) is 0 Å². The molecule has 0 bridgehead atoms. The monoisotopic (exact) mass is 252 g/mol. The van der Waals surface area contributed by atoms with Gasteiger partial charge in [-0.05, 0) is 19.2 Å². The summed E-state index contributed by atoms with van der Waals surface area (Å²) in [5.41, 5.74) is 0. The number of nitrogens with zero attached hydrogens (tertiary/aromatic N) is 1.